The highest BCUT2D eigenvalue weighted by Crippen LogP contribution is 2.44. The summed E-state index contributed by atoms with van der Waals surface area (Å²) in [5, 5.41) is 12.1. The lowest BCUT2D eigenvalue weighted by atomic mass is 9.98. The first-order valence-corrected chi connectivity index (χ1v) is 13.2. The van der Waals surface area contributed by atoms with E-state index in [4.69, 9.17) is 9.47 Å². The van der Waals surface area contributed by atoms with Crippen molar-refractivity contribution < 1.29 is 24.2 Å². The van der Waals surface area contributed by atoms with Crippen LogP contribution in [-0.2, 0) is 15.3 Å². The summed E-state index contributed by atoms with van der Waals surface area (Å²) < 4.78 is 11.6. The molecule has 2 N–H and O–H groups in total. The highest BCUT2D eigenvalue weighted by Gasteiger charge is 2.29. The average molecular weight is 556 g/mol. The molecule has 0 aliphatic heterocycles. The fourth-order valence-electron chi connectivity index (χ4n) is 4.23. The number of carbonyl (C=O) groups excluding carboxylic acids is 1. The van der Waals surface area contributed by atoms with E-state index in [1.165, 1.54) is 0 Å². The molecule has 1 aliphatic carbocycles. The van der Waals surface area contributed by atoms with Gasteiger partial charge in [0.2, 0.25) is 0 Å². The minimum Gasteiger partial charge on any atom is -0.496 e. The number of rotatable bonds is 10. The van der Waals surface area contributed by atoms with Crippen LogP contribution in [0.2, 0.25) is 0 Å². The fourth-order valence-corrected chi connectivity index (χ4v) is 5.78. The van der Waals surface area contributed by atoms with Crippen LogP contribution in [-0.4, -0.2) is 42.7 Å². The highest BCUT2D eigenvalue weighted by atomic mass is 79.9. The number of benzene rings is 3. The number of alkyl carbamates (subject to hydrolysis) is 1. The third-order valence-electron chi connectivity index (χ3n) is 5.97. The predicted octanol–water partition coefficient (Wildman–Crippen LogP) is 6.07. The van der Waals surface area contributed by atoms with Gasteiger partial charge in [0, 0.05) is 11.7 Å². The van der Waals surface area contributed by atoms with E-state index in [2.05, 4.69) is 33.4 Å². The maximum absolute atomic E-state index is 12.5. The Morgan fingerprint density at radius 1 is 1.06 bits per heavy atom. The molecule has 35 heavy (non-hydrogen) atoms. The monoisotopic (exact) mass is 555 g/mol. The number of nitrogens with one attached hydrogen (secondary N) is 1. The molecule has 8 heteroatoms. The SMILES string of the molecule is COc1ccc(CSCCC(NC(=O)OCC2c3ccccc3-c3ccccc32)C(=O)O)cc1Br. The minimum absolute atomic E-state index is 0.0733. The van der Waals surface area contributed by atoms with Gasteiger partial charge in [-0.15, -0.1) is 0 Å². The van der Waals surface area contributed by atoms with Crippen molar-refractivity contribution in [1.82, 2.24) is 5.32 Å². The van der Waals surface area contributed by atoms with Gasteiger partial charge in [-0.3, -0.25) is 0 Å². The van der Waals surface area contributed by atoms with E-state index in [0.717, 1.165) is 43.8 Å². The Morgan fingerprint density at radius 3 is 2.31 bits per heavy atom. The first-order chi connectivity index (χ1) is 17.0. The summed E-state index contributed by atoms with van der Waals surface area (Å²) in [4.78, 5) is 24.2. The third-order valence-corrected chi connectivity index (χ3v) is 7.65. The van der Waals surface area contributed by atoms with E-state index in [-0.39, 0.29) is 12.5 Å². The Bertz CT molecular complexity index is 1170. The molecule has 182 valence electrons. The van der Waals surface area contributed by atoms with E-state index in [9.17, 15) is 14.7 Å². The van der Waals surface area contributed by atoms with Crippen molar-refractivity contribution in [1.29, 1.82) is 0 Å². The summed E-state index contributed by atoms with van der Waals surface area (Å²) in [5.41, 5.74) is 5.60. The van der Waals surface area contributed by atoms with Gasteiger partial charge >= 0.3 is 12.1 Å². The van der Waals surface area contributed by atoms with Gasteiger partial charge in [0.05, 0.1) is 11.6 Å². The molecule has 1 atom stereocenters. The molecular formula is C27H26BrNO5S. The smallest absolute Gasteiger partial charge is 0.407 e. The number of carbonyl (C=O) groups is 2. The Balaban J connectivity index is 1.28. The summed E-state index contributed by atoms with van der Waals surface area (Å²) in [7, 11) is 1.62. The standard InChI is InChI=1S/C27H26BrNO5S/c1-33-25-11-10-17(14-23(25)28)16-35-13-12-24(26(30)31)29-27(32)34-15-22-20-8-4-2-6-18(20)19-7-3-5-9-21(19)22/h2-11,14,22,24H,12-13,15-16H2,1H3,(H,29,32)(H,30,31). The maximum atomic E-state index is 12.5. The summed E-state index contributed by atoms with van der Waals surface area (Å²) in [6.45, 7) is 0.146. The van der Waals surface area contributed by atoms with Gasteiger partial charge in [0.15, 0.2) is 0 Å². The summed E-state index contributed by atoms with van der Waals surface area (Å²) >= 11 is 5.07. The normalized spacial score (nSPS) is 13.0. The molecular weight excluding hydrogens is 530 g/mol. The molecule has 1 amide bonds. The summed E-state index contributed by atoms with van der Waals surface area (Å²) in [6, 6.07) is 21.0. The number of halogens is 1. The number of hydrogen-bond acceptors (Lipinski definition) is 5. The van der Waals surface area contributed by atoms with Crippen LogP contribution in [0.1, 0.15) is 29.0 Å². The molecule has 0 heterocycles. The van der Waals surface area contributed by atoms with Gasteiger partial charge in [0.1, 0.15) is 18.4 Å². The second-order valence-corrected chi connectivity index (χ2v) is 10.1. The van der Waals surface area contributed by atoms with Crippen molar-refractivity contribution in [3.8, 4) is 16.9 Å². The number of thioether (sulfide) groups is 1. The van der Waals surface area contributed by atoms with Crippen molar-refractivity contribution in [2.75, 3.05) is 19.5 Å². The largest absolute Gasteiger partial charge is 0.496 e. The number of fused-ring (bicyclic) bond motifs is 3. The summed E-state index contributed by atoms with van der Waals surface area (Å²) in [5.74, 6) is 0.906. The van der Waals surface area contributed by atoms with Crippen LogP contribution in [0.3, 0.4) is 0 Å². The van der Waals surface area contributed by atoms with Crippen LogP contribution >= 0.6 is 27.7 Å². The van der Waals surface area contributed by atoms with E-state index in [0.29, 0.717) is 12.2 Å². The number of aliphatic carboxylic acids is 1. The van der Waals surface area contributed by atoms with E-state index in [1.807, 2.05) is 54.6 Å². The number of hydrogen-bond donors (Lipinski definition) is 2. The highest BCUT2D eigenvalue weighted by molar-refractivity contribution is 9.10. The lowest BCUT2D eigenvalue weighted by molar-refractivity contribution is -0.139. The van der Waals surface area contributed by atoms with Crippen molar-refractivity contribution in [3.05, 3.63) is 87.9 Å². The molecule has 0 fully saturated rings. The fraction of sp³-hybridized carbons (Fsp3) is 0.259. The predicted molar refractivity (Wildman–Crippen MR) is 141 cm³/mol. The Kier molecular flexibility index (Phi) is 8.36. The van der Waals surface area contributed by atoms with Gasteiger partial charge in [0.25, 0.3) is 0 Å². The van der Waals surface area contributed by atoms with Gasteiger partial charge < -0.3 is 19.9 Å². The van der Waals surface area contributed by atoms with E-state index in [1.54, 1.807) is 18.9 Å². The van der Waals surface area contributed by atoms with E-state index < -0.39 is 18.1 Å². The number of amides is 1. The lowest BCUT2D eigenvalue weighted by Crippen LogP contribution is -2.41. The Labute approximate surface area is 217 Å². The van der Waals surface area contributed by atoms with E-state index >= 15 is 0 Å². The molecule has 3 aromatic carbocycles. The Hall–Kier alpha value is -2.97. The molecule has 6 nitrogen and oxygen atoms in total. The van der Waals surface area contributed by atoms with Crippen molar-refractivity contribution >= 4 is 39.8 Å². The quantitative estimate of drug-likeness (QED) is 0.295. The van der Waals surface area contributed by atoms with Crippen LogP contribution in [0.15, 0.2) is 71.2 Å². The number of carboxylic acids is 1. The molecule has 0 radical (unpaired) electrons. The number of methoxy groups -OCH3 is 1. The Morgan fingerprint density at radius 2 is 1.71 bits per heavy atom. The lowest BCUT2D eigenvalue weighted by Gasteiger charge is -2.17. The molecule has 0 saturated carbocycles. The van der Waals surface area contributed by atoms with Gasteiger partial charge in [-0.25, -0.2) is 9.59 Å². The molecule has 0 saturated heterocycles. The van der Waals surface area contributed by atoms with Crippen LogP contribution < -0.4 is 10.1 Å². The van der Waals surface area contributed by atoms with Gasteiger partial charge in [-0.05, 0) is 68.1 Å². The van der Waals surface area contributed by atoms with Crippen molar-refractivity contribution in [3.63, 3.8) is 0 Å². The molecule has 0 spiro atoms. The summed E-state index contributed by atoms with van der Waals surface area (Å²) in [6.07, 6.45) is -0.426. The molecule has 0 aromatic heterocycles. The van der Waals surface area contributed by atoms with Crippen molar-refractivity contribution in [2.45, 2.75) is 24.1 Å². The van der Waals surface area contributed by atoms with Crippen molar-refractivity contribution in [2.24, 2.45) is 0 Å². The third kappa shape index (κ3) is 6.00. The number of ether oxygens (including phenoxy) is 2. The van der Waals surface area contributed by atoms with Crippen LogP contribution in [0.25, 0.3) is 11.1 Å². The van der Waals surface area contributed by atoms with Gasteiger partial charge in [-0.1, -0.05) is 54.6 Å². The second kappa shape index (κ2) is 11.6. The molecule has 4 rings (SSSR count). The molecule has 1 aliphatic rings. The topological polar surface area (TPSA) is 84.9 Å². The maximum Gasteiger partial charge on any atom is 0.407 e. The minimum atomic E-state index is -1.08. The molecule has 1 unspecified atom stereocenters. The molecule has 3 aromatic rings. The van der Waals surface area contributed by atoms with Crippen LogP contribution in [0.4, 0.5) is 4.79 Å². The average Bonchev–Trinajstić information content (AvgIpc) is 3.18. The second-order valence-electron chi connectivity index (χ2n) is 8.17. The number of carboxylic acid groups (broad SMARTS) is 1. The van der Waals surface area contributed by atoms with Gasteiger partial charge in [-0.2, -0.15) is 11.8 Å². The first kappa shape index (κ1) is 25.1. The zero-order chi connectivity index (χ0) is 24.8. The first-order valence-electron chi connectivity index (χ1n) is 11.2. The zero-order valence-electron chi connectivity index (χ0n) is 19.2. The van der Waals surface area contributed by atoms with Crippen LogP contribution in [0.5, 0.6) is 5.75 Å². The van der Waals surface area contributed by atoms with Crippen LogP contribution in [0, 0.1) is 0 Å². The molecule has 0 bridgehead atoms. The zero-order valence-corrected chi connectivity index (χ0v) is 21.6.